The van der Waals surface area contributed by atoms with E-state index < -0.39 is 5.97 Å². The van der Waals surface area contributed by atoms with Crippen LogP contribution >= 0.6 is 11.3 Å². The van der Waals surface area contributed by atoms with Crippen LogP contribution in [0, 0.1) is 0 Å². The van der Waals surface area contributed by atoms with Crippen LogP contribution in [0.4, 0.5) is 5.13 Å². The predicted octanol–water partition coefficient (Wildman–Crippen LogP) is 2.73. The quantitative estimate of drug-likeness (QED) is 0.521. The first-order valence-electron chi connectivity index (χ1n) is 6.33. The highest BCUT2D eigenvalue weighted by molar-refractivity contribution is 7.13. The summed E-state index contributed by atoms with van der Waals surface area (Å²) < 4.78 is 10.2. The summed E-state index contributed by atoms with van der Waals surface area (Å²) in [5.74, 6) is 0.0412. The first-order valence-corrected chi connectivity index (χ1v) is 7.21. The Balaban J connectivity index is 2.07. The number of rotatable bonds is 5. The summed E-state index contributed by atoms with van der Waals surface area (Å²) in [6.45, 7) is 1.32. The van der Waals surface area contributed by atoms with Gasteiger partial charge in [-0.25, -0.2) is 4.98 Å². The minimum Gasteiger partial charge on any atom is -0.493 e. The minimum atomic E-state index is -0.426. The van der Waals surface area contributed by atoms with Gasteiger partial charge in [0, 0.05) is 24.6 Å². The standard InChI is InChI=1S/C15H14N2O4S/c1-10(18)21-12-5-3-11(9-13(12)20-2)4-6-14(19)17-15-16-7-8-22-15/h3-9H,1-2H3,(H,16,17,19)/b6-4+. The van der Waals surface area contributed by atoms with Gasteiger partial charge in [-0.2, -0.15) is 0 Å². The van der Waals surface area contributed by atoms with E-state index in [1.165, 1.54) is 31.4 Å². The zero-order valence-corrected chi connectivity index (χ0v) is 12.8. The lowest BCUT2D eigenvalue weighted by molar-refractivity contribution is -0.132. The molecular formula is C15H14N2O4S. The first-order chi connectivity index (χ1) is 10.6. The van der Waals surface area contributed by atoms with Crippen molar-refractivity contribution in [1.29, 1.82) is 0 Å². The molecule has 0 aliphatic rings. The summed E-state index contributed by atoms with van der Waals surface area (Å²) in [7, 11) is 1.48. The molecule has 6 nitrogen and oxygen atoms in total. The Morgan fingerprint density at radius 3 is 2.77 bits per heavy atom. The highest BCUT2D eigenvalue weighted by Crippen LogP contribution is 2.28. The van der Waals surface area contributed by atoms with Crippen LogP contribution in [0.3, 0.4) is 0 Å². The molecule has 0 bridgehead atoms. The molecular weight excluding hydrogens is 304 g/mol. The zero-order valence-electron chi connectivity index (χ0n) is 12.0. The third kappa shape index (κ3) is 4.42. The number of thiazole rings is 1. The molecule has 0 aliphatic heterocycles. The molecule has 0 spiro atoms. The van der Waals surface area contributed by atoms with Crippen LogP contribution in [0.1, 0.15) is 12.5 Å². The molecule has 0 aliphatic carbocycles. The lowest BCUT2D eigenvalue weighted by Crippen LogP contribution is -2.07. The Bertz CT molecular complexity index is 696. The number of methoxy groups -OCH3 is 1. The number of carbonyl (C=O) groups is 2. The average molecular weight is 318 g/mol. The molecule has 2 rings (SSSR count). The number of nitrogens with one attached hydrogen (secondary N) is 1. The van der Waals surface area contributed by atoms with Crippen LogP contribution in [0.25, 0.3) is 6.08 Å². The van der Waals surface area contributed by atoms with Gasteiger partial charge >= 0.3 is 5.97 Å². The molecule has 1 heterocycles. The fourth-order valence-corrected chi connectivity index (χ4v) is 2.16. The van der Waals surface area contributed by atoms with Gasteiger partial charge < -0.3 is 9.47 Å². The first kappa shape index (κ1) is 15.7. The second-order valence-electron chi connectivity index (χ2n) is 4.16. The third-order valence-corrected chi connectivity index (χ3v) is 3.22. The van der Waals surface area contributed by atoms with E-state index in [0.717, 1.165) is 5.56 Å². The third-order valence-electron chi connectivity index (χ3n) is 2.53. The van der Waals surface area contributed by atoms with E-state index in [4.69, 9.17) is 9.47 Å². The number of benzene rings is 1. The number of hydrogen-bond acceptors (Lipinski definition) is 6. The number of aromatic nitrogens is 1. The van der Waals surface area contributed by atoms with Crippen molar-refractivity contribution in [3.8, 4) is 11.5 Å². The molecule has 22 heavy (non-hydrogen) atoms. The molecule has 0 saturated heterocycles. The van der Waals surface area contributed by atoms with Crippen LogP contribution in [0.2, 0.25) is 0 Å². The highest BCUT2D eigenvalue weighted by atomic mass is 32.1. The van der Waals surface area contributed by atoms with Crippen LogP contribution in [0.15, 0.2) is 35.9 Å². The van der Waals surface area contributed by atoms with Crippen molar-refractivity contribution in [3.63, 3.8) is 0 Å². The van der Waals surface area contributed by atoms with Crippen molar-refractivity contribution in [2.75, 3.05) is 12.4 Å². The van der Waals surface area contributed by atoms with Crippen LogP contribution in [-0.2, 0) is 9.59 Å². The van der Waals surface area contributed by atoms with E-state index in [1.807, 2.05) is 0 Å². The maximum absolute atomic E-state index is 11.7. The molecule has 0 atom stereocenters. The number of nitrogens with zero attached hydrogens (tertiary/aromatic N) is 1. The van der Waals surface area contributed by atoms with Crippen molar-refractivity contribution < 1.29 is 19.1 Å². The van der Waals surface area contributed by atoms with Gasteiger partial charge in [-0.1, -0.05) is 6.07 Å². The molecule has 7 heteroatoms. The average Bonchev–Trinajstić information content (AvgIpc) is 2.98. The van der Waals surface area contributed by atoms with Gasteiger partial charge in [-0.3, -0.25) is 14.9 Å². The molecule has 114 valence electrons. The van der Waals surface area contributed by atoms with Gasteiger partial charge in [0.1, 0.15) is 0 Å². The number of esters is 1. The van der Waals surface area contributed by atoms with Gasteiger partial charge in [0.15, 0.2) is 16.6 Å². The number of amides is 1. The number of anilines is 1. The Labute approximate surface area is 131 Å². The van der Waals surface area contributed by atoms with Crippen molar-refractivity contribution in [2.24, 2.45) is 0 Å². The largest absolute Gasteiger partial charge is 0.493 e. The number of carbonyl (C=O) groups excluding carboxylic acids is 2. The van der Waals surface area contributed by atoms with Crippen LogP contribution < -0.4 is 14.8 Å². The second kappa shape index (κ2) is 7.37. The maximum atomic E-state index is 11.7. The molecule has 0 radical (unpaired) electrons. The van der Waals surface area contributed by atoms with E-state index >= 15 is 0 Å². The summed E-state index contributed by atoms with van der Waals surface area (Å²) in [6, 6.07) is 5.00. The van der Waals surface area contributed by atoms with E-state index in [0.29, 0.717) is 16.6 Å². The molecule has 2 aromatic rings. The summed E-state index contributed by atoms with van der Waals surface area (Å²) in [4.78, 5) is 26.7. The fourth-order valence-electron chi connectivity index (χ4n) is 1.63. The summed E-state index contributed by atoms with van der Waals surface area (Å²) >= 11 is 1.34. The summed E-state index contributed by atoms with van der Waals surface area (Å²) in [5, 5.41) is 4.95. The zero-order chi connectivity index (χ0) is 15.9. The second-order valence-corrected chi connectivity index (χ2v) is 5.06. The molecule has 1 aromatic carbocycles. The normalized spacial score (nSPS) is 10.5. The van der Waals surface area contributed by atoms with Crippen LogP contribution in [-0.4, -0.2) is 24.0 Å². The minimum absolute atomic E-state index is 0.280. The SMILES string of the molecule is COc1cc(/C=C/C(=O)Nc2nccs2)ccc1OC(C)=O. The molecule has 0 unspecified atom stereocenters. The molecule has 1 N–H and O–H groups in total. The van der Waals surface area contributed by atoms with Gasteiger partial charge in [-0.05, 0) is 23.8 Å². The topological polar surface area (TPSA) is 77.5 Å². The smallest absolute Gasteiger partial charge is 0.308 e. The summed E-state index contributed by atoms with van der Waals surface area (Å²) in [5.41, 5.74) is 0.738. The van der Waals surface area contributed by atoms with E-state index in [2.05, 4.69) is 10.3 Å². The Morgan fingerprint density at radius 2 is 2.14 bits per heavy atom. The van der Waals surface area contributed by atoms with E-state index in [1.54, 1.807) is 35.9 Å². The van der Waals surface area contributed by atoms with Gasteiger partial charge in [0.25, 0.3) is 0 Å². The molecule has 0 saturated carbocycles. The molecule has 1 aromatic heterocycles. The van der Waals surface area contributed by atoms with Gasteiger partial charge in [0.05, 0.1) is 7.11 Å². The molecule has 1 amide bonds. The summed E-state index contributed by atoms with van der Waals surface area (Å²) in [6.07, 6.45) is 4.63. The molecule has 0 fully saturated rings. The lowest BCUT2D eigenvalue weighted by atomic mass is 10.2. The lowest BCUT2D eigenvalue weighted by Gasteiger charge is -2.08. The Morgan fingerprint density at radius 1 is 1.32 bits per heavy atom. The van der Waals surface area contributed by atoms with Crippen molar-refractivity contribution in [1.82, 2.24) is 4.98 Å². The van der Waals surface area contributed by atoms with Crippen molar-refractivity contribution in [2.45, 2.75) is 6.92 Å². The number of hydrogen-bond donors (Lipinski definition) is 1. The van der Waals surface area contributed by atoms with Crippen LogP contribution in [0.5, 0.6) is 11.5 Å². The van der Waals surface area contributed by atoms with Gasteiger partial charge in [-0.15, -0.1) is 11.3 Å². The Kier molecular flexibility index (Phi) is 5.26. The number of ether oxygens (including phenoxy) is 2. The van der Waals surface area contributed by atoms with Crippen molar-refractivity contribution >= 4 is 34.4 Å². The Hall–Kier alpha value is -2.67. The van der Waals surface area contributed by atoms with Gasteiger partial charge in [0.2, 0.25) is 5.91 Å². The van der Waals surface area contributed by atoms with Crippen molar-refractivity contribution in [3.05, 3.63) is 41.4 Å². The monoisotopic (exact) mass is 318 g/mol. The van der Waals surface area contributed by atoms with E-state index in [-0.39, 0.29) is 5.91 Å². The highest BCUT2D eigenvalue weighted by Gasteiger charge is 2.07. The predicted molar refractivity (Wildman–Crippen MR) is 84.1 cm³/mol. The van der Waals surface area contributed by atoms with E-state index in [9.17, 15) is 9.59 Å². The fraction of sp³-hybridized carbons (Fsp3) is 0.133. The maximum Gasteiger partial charge on any atom is 0.308 e.